The monoisotopic (exact) mass is 373 g/mol. The number of hydrogen-bond acceptors (Lipinski definition) is 3. The summed E-state index contributed by atoms with van der Waals surface area (Å²) in [6.45, 7) is 4.00. The summed E-state index contributed by atoms with van der Waals surface area (Å²) in [6.07, 6.45) is 4.04. The van der Waals surface area contributed by atoms with Gasteiger partial charge in [-0.2, -0.15) is 0 Å². The predicted octanol–water partition coefficient (Wildman–Crippen LogP) is 3.17. The Hall–Kier alpha value is -1.46. The number of fused-ring (bicyclic) bond motifs is 1. The number of aromatic nitrogens is 1. The van der Waals surface area contributed by atoms with E-state index in [9.17, 15) is 4.79 Å². The van der Waals surface area contributed by atoms with Gasteiger partial charge in [-0.15, -0.1) is 0 Å². The van der Waals surface area contributed by atoms with Crippen LogP contribution in [0.2, 0.25) is 0 Å². The summed E-state index contributed by atoms with van der Waals surface area (Å²) in [6, 6.07) is 7.91. The highest BCUT2D eigenvalue weighted by Gasteiger charge is 2.43. The first-order valence-corrected chi connectivity index (χ1v) is 8.87. The van der Waals surface area contributed by atoms with Crippen molar-refractivity contribution in [2.24, 2.45) is 5.41 Å². The number of carbonyl (C=O) groups is 1. The molecule has 4 rings (SSSR count). The number of pyridine rings is 1. The van der Waals surface area contributed by atoms with Crippen molar-refractivity contribution in [3.8, 4) is 0 Å². The summed E-state index contributed by atoms with van der Waals surface area (Å²) in [4.78, 5) is 21.7. The molecule has 3 heterocycles. The molecule has 1 atom stereocenters. The van der Waals surface area contributed by atoms with Gasteiger partial charge in [-0.25, -0.2) is 0 Å². The molecule has 5 heteroatoms. The SMILES string of the molecule is CN1CCC2(CCN(C(=O)c3cnc4ccc(Br)cc4c3)C2)C1. The van der Waals surface area contributed by atoms with Gasteiger partial charge in [0.25, 0.3) is 5.91 Å². The van der Waals surface area contributed by atoms with Crippen molar-refractivity contribution in [3.05, 3.63) is 40.5 Å². The van der Waals surface area contributed by atoms with E-state index in [0.717, 1.165) is 48.0 Å². The van der Waals surface area contributed by atoms with E-state index in [1.165, 1.54) is 6.42 Å². The molecule has 1 amide bonds. The third-order valence-electron chi connectivity index (χ3n) is 5.24. The minimum atomic E-state index is 0.116. The number of likely N-dealkylation sites (tertiary alicyclic amines) is 2. The van der Waals surface area contributed by atoms with Crippen molar-refractivity contribution in [2.75, 3.05) is 33.2 Å². The maximum absolute atomic E-state index is 12.9. The van der Waals surface area contributed by atoms with Crippen LogP contribution in [0, 0.1) is 5.41 Å². The van der Waals surface area contributed by atoms with Gasteiger partial charge in [0.15, 0.2) is 0 Å². The molecule has 2 aliphatic heterocycles. The molecule has 4 nitrogen and oxygen atoms in total. The standard InChI is InChI=1S/C18H20BrN3O/c1-21-6-4-18(11-21)5-7-22(12-18)17(23)14-8-13-9-15(19)2-3-16(13)20-10-14/h2-3,8-10H,4-7,11-12H2,1H3. The first-order valence-electron chi connectivity index (χ1n) is 8.08. The molecule has 2 fully saturated rings. The molecule has 120 valence electrons. The lowest BCUT2D eigenvalue weighted by atomic mass is 9.86. The summed E-state index contributed by atoms with van der Waals surface area (Å²) in [7, 11) is 2.17. The highest BCUT2D eigenvalue weighted by atomic mass is 79.9. The number of carbonyl (C=O) groups excluding carboxylic acids is 1. The van der Waals surface area contributed by atoms with Crippen LogP contribution in [0.5, 0.6) is 0 Å². The van der Waals surface area contributed by atoms with E-state index >= 15 is 0 Å². The Morgan fingerprint density at radius 1 is 1.22 bits per heavy atom. The summed E-state index contributed by atoms with van der Waals surface area (Å²) in [5, 5.41) is 1.000. The van der Waals surface area contributed by atoms with E-state index in [-0.39, 0.29) is 5.91 Å². The zero-order valence-electron chi connectivity index (χ0n) is 13.3. The number of rotatable bonds is 1. The van der Waals surface area contributed by atoms with Gasteiger partial charge in [-0.05, 0) is 50.7 Å². The van der Waals surface area contributed by atoms with Crippen LogP contribution in [-0.4, -0.2) is 53.9 Å². The number of hydrogen-bond donors (Lipinski definition) is 0. The Labute approximate surface area is 144 Å². The van der Waals surface area contributed by atoms with Crippen LogP contribution < -0.4 is 0 Å². The molecule has 1 aromatic carbocycles. The van der Waals surface area contributed by atoms with E-state index < -0.39 is 0 Å². The molecule has 23 heavy (non-hydrogen) atoms. The molecule has 0 saturated carbocycles. The van der Waals surface area contributed by atoms with Crippen LogP contribution in [0.3, 0.4) is 0 Å². The predicted molar refractivity (Wildman–Crippen MR) is 94.5 cm³/mol. The van der Waals surface area contributed by atoms with E-state index in [1.54, 1.807) is 6.20 Å². The Morgan fingerprint density at radius 3 is 2.83 bits per heavy atom. The van der Waals surface area contributed by atoms with Gasteiger partial charge in [0.2, 0.25) is 0 Å². The zero-order valence-corrected chi connectivity index (χ0v) is 14.8. The van der Waals surface area contributed by atoms with E-state index in [4.69, 9.17) is 0 Å². The second kappa shape index (κ2) is 5.56. The van der Waals surface area contributed by atoms with Crippen LogP contribution in [0.1, 0.15) is 23.2 Å². The van der Waals surface area contributed by atoms with Gasteiger partial charge >= 0.3 is 0 Å². The summed E-state index contributed by atoms with van der Waals surface area (Å²) in [5.41, 5.74) is 1.93. The van der Waals surface area contributed by atoms with Crippen molar-refractivity contribution >= 4 is 32.7 Å². The Balaban J connectivity index is 1.57. The Morgan fingerprint density at radius 2 is 2.04 bits per heavy atom. The zero-order chi connectivity index (χ0) is 16.0. The second-order valence-electron chi connectivity index (χ2n) is 7.03. The molecular weight excluding hydrogens is 354 g/mol. The fourth-order valence-corrected chi connectivity index (χ4v) is 4.38. The molecule has 2 saturated heterocycles. The van der Waals surface area contributed by atoms with Gasteiger partial charge in [-0.1, -0.05) is 15.9 Å². The summed E-state index contributed by atoms with van der Waals surface area (Å²) >= 11 is 3.48. The van der Waals surface area contributed by atoms with Gasteiger partial charge in [0.05, 0.1) is 11.1 Å². The van der Waals surface area contributed by atoms with Crippen molar-refractivity contribution in [1.82, 2.24) is 14.8 Å². The average molecular weight is 374 g/mol. The summed E-state index contributed by atoms with van der Waals surface area (Å²) < 4.78 is 1.01. The van der Waals surface area contributed by atoms with Crippen molar-refractivity contribution < 1.29 is 4.79 Å². The van der Waals surface area contributed by atoms with Crippen molar-refractivity contribution in [1.29, 1.82) is 0 Å². The van der Waals surface area contributed by atoms with Gasteiger partial charge in [-0.3, -0.25) is 9.78 Å². The Kier molecular flexibility index (Phi) is 3.65. The highest BCUT2D eigenvalue weighted by Crippen LogP contribution is 2.39. The normalized spacial score (nSPS) is 24.9. The number of amides is 1. The number of halogens is 1. The molecule has 0 aliphatic carbocycles. The van der Waals surface area contributed by atoms with Crippen LogP contribution >= 0.6 is 15.9 Å². The maximum Gasteiger partial charge on any atom is 0.255 e. The maximum atomic E-state index is 12.9. The average Bonchev–Trinajstić information content (AvgIpc) is 3.12. The minimum absolute atomic E-state index is 0.116. The highest BCUT2D eigenvalue weighted by molar-refractivity contribution is 9.10. The third-order valence-corrected chi connectivity index (χ3v) is 5.74. The van der Waals surface area contributed by atoms with Crippen LogP contribution in [0.25, 0.3) is 10.9 Å². The van der Waals surface area contributed by atoms with Gasteiger partial charge in [0.1, 0.15) is 0 Å². The van der Waals surface area contributed by atoms with Crippen LogP contribution in [0.4, 0.5) is 0 Å². The molecular formula is C18H20BrN3O. The molecule has 0 bridgehead atoms. The molecule has 1 aromatic heterocycles. The quantitative estimate of drug-likeness (QED) is 0.770. The van der Waals surface area contributed by atoms with Crippen molar-refractivity contribution in [3.63, 3.8) is 0 Å². The van der Waals surface area contributed by atoms with Crippen molar-refractivity contribution in [2.45, 2.75) is 12.8 Å². The van der Waals surface area contributed by atoms with Gasteiger partial charge in [0, 0.05) is 41.1 Å². The largest absolute Gasteiger partial charge is 0.338 e. The Bertz CT molecular complexity index is 778. The van der Waals surface area contributed by atoms with E-state index in [2.05, 4.69) is 32.9 Å². The lowest BCUT2D eigenvalue weighted by molar-refractivity contribution is 0.0773. The molecule has 1 spiro atoms. The second-order valence-corrected chi connectivity index (χ2v) is 7.94. The molecule has 2 aliphatic rings. The first kappa shape index (κ1) is 15.1. The van der Waals surface area contributed by atoms with E-state index in [1.807, 2.05) is 29.2 Å². The minimum Gasteiger partial charge on any atom is -0.338 e. The lowest BCUT2D eigenvalue weighted by Crippen LogP contribution is -2.33. The van der Waals surface area contributed by atoms with E-state index in [0.29, 0.717) is 11.0 Å². The molecule has 0 radical (unpaired) electrons. The lowest BCUT2D eigenvalue weighted by Gasteiger charge is -2.23. The smallest absolute Gasteiger partial charge is 0.255 e. The fraction of sp³-hybridized carbons (Fsp3) is 0.444. The molecule has 2 aromatic rings. The fourth-order valence-electron chi connectivity index (χ4n) is 4.00. The topological polar surface area (TPSA) is 36.4 Å². The van der Waals surface area contributed by atoms with Crippen LogP contribution in [-0.2, 0) is 0 Å². The summed E-state index contributed by atoms with van der Waals surface area (Å²) in [5.74, 6) is 0.116. The molecule has 1 unspecified atom stereocenters. The molecule has 0 N–H and O–H groups in total. The third kappa shape index (κ3) is 2.76. The first-order chi connectivity index (χ1) is 11.0. The van der Waals surface area contributed by atoms with Crippen LogP contribution in [0.15, 0.2) is 34.9 Å². The number of benzene rings is 1. The number of nitrogens with zero attached hydrogens (tertiary/aromatic N) is 3. The van der Waals surface area contributed by atoms with Gasteiger partial charge < -0.3 is 9.80 Å².